The molecule has 19 heavy (non-hydrogen) atoms. The second-order valence-electron chi connectivity index (χ2n) is 4.59. The molecule has 0 atom stereocenters. The van der Waals surface area contributed by atoms with Crippen molar-refractivity contribution in [2.75, 3.05) is 26.1 Å². The summed E-state index contributed by atoms with van der Waals surface area (Å²) in [6, 6.07) is 2.97. The number of hydrogen-bond acceptors (Lipinski definition) is 5. The predicted octanol–water partition coefficient (Wildman–Crippen LogP) is 3.07. The highest BCUT2D eigenvalue weighted by molar-refractivity contribution is 5.68. The lowest BCUT2D eigenvalue weighted by atomic mass is 10.1. The third-order valence-electron chi connectivity index (χ3n) is 2.74. The van der Waals surface area contributed by atoms with Crippen molar-refractivity contribution >= 4 is 11.4 Å². The third kappa shape index (κ3) is 4.01. The van der Waals surface area contributed by atoms with Crippen molar-refractivity contribution in [2.24, 2.45) is 5.92 Å². The van der Waals surface area contributed by atoms with Crippen LogP contribution in [0, 0.1) is 16.0 Å². The standard InChI is InChI=1S/C13H20N2O4/c1-9(2)5-6-14-10-7-12(18-3)13(19-4)8-11(10)15(16)17/h7-9,14H,5-6H2,1-4H3. The van der Waals surface area contributed by atoms with E-state index in [1.807, 2.05) is 0 Å². The largest absolute Gasteiger partial charge is 0.493 e. The number of nitrogens with zero attached hydrogens (tertiary/aromatic N) is 1. The molecule has 1 N–H and O–H groups in total. The maximum Gasteiger partial charge on any atom is 0.296 e. The molecule has 0 aliphatic rings. The minimum atomic E-state index is -0.431. The lowest BCUT2D eigenvalue weighted by molar-refractivity contribution is -0.384. The molecule has 1 rings (SSSR count). The molecule has 1 aromatic carbocycles. The Morgan fingerprint density at radius 1 is 1.26 bits per heavy atom. The van der Waals surface area contributed by atoms with Crippen molar-refractivity contribution in [3.63, 3.8) is 0 Å². The number of nitro benzene ring substituents is 1. The third-order valence-corrected chi connectivity index (χ3v) is 2.74. The normalized spacial score (nSPS) is 10.4. The number of rotatable bonds is 7. The first-order chi connectivity index (χ1) is 8.99. The minimum absolute atomic E-state index is 0.0126. The molecule has 0 unspecified atom stereocenters. The van der Waals surface area contributed by atoms with Crippen LogP contribution in [0.1, 0.15) is 20.3 Å². The lowest BCUT2D eigenvalue weighted by Crippen LogP contribution is -2.07. The molecule has 1 aromatic rings. The van der Waals surface area contributed by atoms with Gasteiger partial charge < -0.3 is 14.8 Å². The van der Waals surface area contributed by atoms with Crippen LogP contribution in [0.15, 0.2) is 12.1 Å². The zero-order chi connectivity index (χ0) is 14.4. The van der Waals surface area contributed by atoms with Crippen molar-refractivity contribution in [3.05, 3.63) is 22.2 Å². The summed E-state index contributed by atoms with van der Waals surface area (Å²) in [5.74, 6) is 1.36. The molecule has 0 aromatic heterocycles. The number of methoxy groups -OCH3 is 2. The van der Waals surface area contributed by atoms with Gasteiger partial charge in [0.15, 0.2) is 11.5 Å². The van der Waals surface area contributed by atoms with Crippen LogP contribution < -0.4 is 14.8 Å². The van der Waals surface area contributed by atoms with Crippen LogP contribution in [0.3, 0.4) is 0 Å². The quantitative estimate of drug-likeness (QED) is 0.607. The highest BCUT2D eigenvalue weighted by Crippen LogP contribution is 2.37. The van der Waals surface area contributed by atoms with Crippen LogP contribution in [0.5, 0.6) is 11.5 Å². The van der Waals surface area contributed by atoms with Gasteiger partial charge in [0.2, 0.25) is 0 Å². The zero-order valence-electron chi connectivity index (χ0n) is 11.7. The van der Waals surface area contributed by atoms with E-state index in [1.165, 1.54) is 20.3 Å². The van der Waals surface area contributed by atoms with Crippen molar-refractivity contribution in [1.29, 1.82) is 0 Å². The summed E-state index contributed by atoms with van der Waals surface area (Å²) in [5, 5.41) is 14.1. The molecule has 6 nitrogen and oxygen atoms in total. The second-order valence-corrected chi connectivity index (χ2v) is 4.59. The lowest BCUT2D eigenvalue weighted by Gasteiger charge is -2.12. The topological polar surface area (TPSA) is 73.6 Å². The molecule has 0 saturated heterocycles. The summed E-state index contributed by atoms with van der Waals surface area (Å²) in [6.07, 6.45) is 0.936. The van der Waals surface area contributed by atoms with E-state index in [-0.39, 0.29) is 5.69 Å². The molecule has 0 saturated carbocycles. The summed E-state index contributed by atoms with van der Waals surface area (Å²) < 4.78 is 10.2. The van der Waals surface area contributed by atoms with E-state index in [4.69, 9.17) is 9.47 Å². The molecule has 0 bridgehead atoms. The van der Waals surface area contributed by atoms with Crippen LogP contribution in [-0.2, 0) is 0 Å². The molecule has 0 heterocycles. The zero-order valence-corrected chi connectivity index (χ0v) is 11.7. The maximum atomic E-state index is 11.1. The molecule has 0 spiro atoms. The van der Waals surface area contributed by atoms with Gasteiger partial charge in [0.05, 0.1) is 25.2 Å². The minimum Gasteiger partial charge on any atom is -0.493 e. The number of anilines is 1. The first-order valence-electron chi connectivity index (χ1n) is 6.13. The average Bonchev–Trinajstić information content (AvgIpc) is 2.37. The summed E-state index contributed by atoms with van der Waals surface area (Å²) in [6.45, 7) is 4.88. The van der Waals surface area contributed by atoms with Gasteiger partial charge in [-0.1, -0.05) is 13.8 Å². The molecule has 0 aliphatic carbocycles. The fourth-order valence-electron chi connectivity index (χ4n) is 1.66. The first-order valence-corrected chi connectivity index (χ1v) is 6.13. The number of hydrogen-bond donors (Lipinski definition) is 1. The summed E-state index contributed by atoms with van der Waals surface area (Å²) in [5.41, 5.74) is 0.435. The molecule has 6 heteroatoms. The van der Waals surface area contributed by atoms with Crippen molar-refractivity contribution in [2.45, 2.75) is 20.3 Å². The number of nitrogens with one attached hydrogen (secondary N) is 1. The van der Waals surface area contributed by atoms with Crippen LogP contribution in [0.25, 0.3) is 0 Å². The van der Waals surface area contributed by atoms with Crippen LogP contribution >= 0.6 is 0 Å². The van der Waals surface area contributed by atoms with Gasteiger partial charge in [-0.2, -0.15) is 0 Å². The summed E-state index contributed by atoms with van der Waals surface area (Å²) in [7, 11) is 2.95. The fourth-order valence-corrected chi connectivity index (χ4v) is 1.66. The van der Waals surface area contributed by atoms with Gasteiger partial charge in [-0.3, -0.25) is 10.1 Å². The second kappa shape index (κ2) is 6.82. The monoisotopic (exact) mass is 268 g/mol. The Bertz CT molecular complexity index is 447. The highest BCUT2D eigenvalue weighted by atomic mass is 16.6. The summed E-state index contributed by atoms with van der Waals surface area (Å²) in [4.78, 5) is 10.6. The van der Waals surface area contributed by atoms with Crippen LogP contribution in [0.4, 0.5) is 11.4 Å². The average molecular weight is 268 g/mol. The van der Waals surface area contributed by atoms with Gasteiger partial charge in [0.1, 0.15) is 5.69 Å². The van der Waals surface area contributed by atoms with E-state index in [0.29, 0.717) is 29.6 Å². The van der Waals surface area contributed by atoms with Gasteiger partial charge in [0, 0.05) is 12.6 Å². The molecule has 0 radical (unpaired) electrons. The molecule has 106 valence electrons. The maximum absolute atomic E-state index is 11.1. The number of ether oxygens (including phenoxy) is 2. The Morgan fingerprint density at radius 3 is 2.32 bits per heavy atom. The Hall–Kier alpha value is -1.98. The molecule has 0 fully saturated rings. The summed E-state index contributed by atoms with van der Waals surface area (Å²) >= 11 is 0. The van der Waals surface area contributed by atoms with E-state index < -0.39 is 4.92 Å². The molecular weight excluding hydrogens is 248 g/mol. The highest BCUT2D eigenvalue weighted by Gasteiger charge is 2.19. The van der Waals surface area contributed by atoms with Crippen molar-refractivity contribution in [3.8, 4) is 11.5 Å². The van der Waals surface area contributed by atoms with E-state index in [1.54, 1.807) is 6.07 Å². The molecule has 0 amide bonds. The van der Waals surface area contributed by atoms with E-state index in [2.05, 4.69) is 19.2 Å². The van der Waals surface area contributed by atoms with E-state index in [0.717, 1.165) is 6.42 Å². The van der Waals surface area contributed by atoms with Gasteiger partial charge in [0.25, 0.3) is 5.69 Å². The van der Waals surface area contributed by atoms with E-state index in [9.17, 15) is 10.1 Å². The van der Waals surface area contributed by atoms with Crippen molar-refractivity contribution < 1.29 is 14.4 Å². The predicted molar refractivity (Wildman–Crippen MR) is 74.1 cm³/mol. The molecular formula is C13H20N2O4. The Kier molecular flexibility index (Phi) is 5.41. The van der Waals surface area contributed by atoms with Crippen LogP contribution in [0.2, 0.25) is 0 Å². The first kappa shape index (κ1) is 15.1. The smallest absolute Gasteiger partial charge is 0.296 e. The fraction of sp³-hybridized carbons (Fsp3) is 0.538. The van der Waals surface area contributed by atoms with Gasteiger partial charge in [-0.25, -0.2) is 0 Å². The van der Waals surface area contributed by atoms with Crippen LogP contribution in [-0.4, -0.2) is 25.7 Å². The van der Waals surface area contributed by atoms with Crippen molar-refractivity contribution in [1.82, 2.24) is 0 Å². The van der Waals surface area contributed by atoms with Gasteiger partial charge in [-0.15, -0.1) is 0 Å². The Morgan fingerprint density at radius 2 is 1.84 bits per heavy atom. The number of nitro groups is 1. The van der Waals surface area contributed by atoms with Gasteiger partial charge in [-0.05, 0) is 12.3 Å². The molecule has 0 aliphatic heterocycles. The van der Waals surface area contributed by atoms with E-state index >= 15 is 0 Å². The SMILES string of the molecule is COc1cc(NCCC(C)C)c([N+](=O)[O-])cc1OC. The van der Waals surface area contributed by atoms with Gasteiger partial charge >= 0.3 is 0 Å². The Labute approximate surface area is 112 Å². The number of benzene rings is 1. The Balaban J connectivity index is 3.02.